The molecule has 0 unspecified atom stereocenters. The van der Waals surface area contributed by atoms with Gasteiger partial charge in [0.15, 0.2) is 0 Å². The molecule has 1 saturated heterocycles. The van der Waals surface area contributed by atoms with Gasteiger partial charge in [0, 0.05) is 24.7 Å². The Hall–Kier alpha value is -3.36. The largest absolute Gasteiger partial charge is 0.463 e. The van der Waals surface area contributed by atoms with Crippen LogP contribution in [-0.4, -0.2) is 37.1 Å². The summed E-state index contributed by atoms with van der Waals surface area (Å²) in [6.45, 7) is 2.97. The number of rotatable bonds is 6. The van der Waals surface area contributed by atoms with Crippen LogP contribution in [0.15, 0.2) is 28.7 Å². The molecule has 28 heavy (non-hydrogen) atoms. The topological polar surface area (TPSA) is 112 Å². The van der Waals surface area contributed by atoms with Crippen molar-refractivity contribution in [3.05, 3.63) is 57.0 Å². The number of aryl methyl sites for hydroxylation is 1. The minimum atomic E-state index is -0.718. The lowest BCUT2D eigenvalue weighted by Gasteiger charge is -2.17. The highest BCUT2D eigenvalue weighted by atomic mass is 16.6. The molecule has 1 aromatic carbocycles. The summed E-state index contributed by atoms with van der Waals surface area (Å²) in [5, 5.41) is 11.4. The van der Waals surface area contributed by atoms with Crippen molar-refractivity contribution in [2.75, 3.05) is 25.1 Å². The van der Waals surface area contributed by atoms with Crippen LogP contribution in [-0.2, 0) is 16.1 Å². The van der Waals surface area contributed by atoms with Gasteiger partial charge in [0.1, 0.15) is 18.1 Å². The average molecular weight is 388 g/mol. The molecule has 9 nitrogen and oxygen atoms in total. The molecule has 3 rings (SSSR count). The molecular formula is C19H20N2O7. The zero-order valence-electron chi connectivity index (χ0n) is 15.6. The summed E-state index contributed by atoms with van der Waals surface area (Å²) in [6, 6.07) is 5.88. The molecule has 0 atom stereocenters. The van der Waals surface area contributed by atoms with Crippen LogP contribution < -0.4 is 4.90 Å². The van der Waals surface area contributed by atoms with E-state index in [1.165, 1.54) is 19.2 Å². The van der Waals surface area contributed by atoms with Crippen LogP contribution in [0, 0.1) is 17.0 Å². The Morgan fingerprint density at radius 1 is 1.21 bits per heavy atom. The van der Waals surface area contributed by atoms with Crippen LogP contribution in [0.2, 0.25) is 0 Å². The molecule has 0 N–H and O–H groups in total. The highest BCUT2D eigenvalue weighted by Gasteiger charge is 2.24. The first-order valence-electron chi connectivity index (χ1n) is 8.79. The Morgan fingerprint density at radius 2 is 1.93 bits per heavy atom. The summed E-state index contributed by atoms with van der Waals surface area (Å²) in [4.78, 5) is 36.7. The van der Waals surface area contributed by atoms with Crippen molar-refractivity contribution in [2.24, 2.45) is 0 Å². The number of nitro benzene ring substituents is 1. The quantitative estimate of drug-likeness (QED) is 0.421. The first-order valence-corrected chi connectivity index (χ1v) is 8.79. The van der Waals surface area contributed by atoms with Gasteiger partial charge >= 0.3 is 11.9 Å². The number of ether oxygens (including phenoxy) is 2. The van der Waals surface area contributed by atoms with E-state index in [4.69, 9.17) is 9.15 Å². The van der Waals surface area contributed by atoms with E-state index in [1.54, 1.807) is 19.1 Å². The zero-order valence-corrected chi connectivity index (χ0v) is 15.6. The number of furan rings is 1. The van der Waals surface area contributed by atoms with Crippen LogP contribution in [0.25, 0.3) is 0 Å². The van der Waals surface area contributed by atoms with E-state index < -0.39 is 16.9 Å². The average Bonchev–Trinajstić information content (AvgIpc) is 3.34. The second-order valence-electron chi connectivity index (χ2n) is 6.45. The Bertz CT molecular complexity index is 913. The predicted molar refractivity (Wildman–Crippen MR) is 98.4 cm³/mol. The molecule has 1 aliphatic rings. The van der Waals surface area contributed by atoms with E-state index in [9.17, 15) is 19.7 Å². The van der Waals surface area contributed by atoms with Gasteiger partial charge in [-0.3, -0.25) is 10.1 Å². The molecule has 0 spiro atoms. The van der Waals surface area contributed by atoms with Gasteiger partial charge in [0.05, 0.1) is 17.6 Å². The van der Waals surface area contributed by atoms with E-state index in [0.717, 1.165) is 25.9 Å². The summed E-state index contributed by atoms with van der Waals surface area (Å²) in [6.07, 6.45) is 1.97. The standard InChI is InChI=1S/C19H20N2O7/c1-12-9-14(28-17(12)19(23)26-2)11-27-18(22)13-5-6-15(16(10-13)21(24)25)20-7-3-4-8-20/h5-6,9-10H,3-4,7-8,11H2,1-2H3. The fourth-order valence-electron chi connectivity index (χ4n) is 3.16. The van der Waals surface area contributed by atoms with Crippen molar-refractivity contribution >= 4 is 23.3 Å². The van der Waals surface area contributed by atoms with Crippen molar-refractivity contribution in [1.82, 2.24) is 0 Å². The molecule has 1 aromatic heterocycles. The zero-order chi connectivity index (χ0) is 20.3. The first kappa shape index (κ1) is 19.4. The van der Waals surface area contributed by atoms with Crippen molar-refractivity contribution < 1.29 is 28.4 Å². The fraction of sp³-hybridized carbons (Fsp3) is 0.368. The third-order valence-corrected chi connectivity index (χ3v) is 4.54. The van der Waals surface area contributed by atoms with Gasteiger partial charge in [0.25, 0.3) is 5.69 Å². The maximum Gasteiger partial charge on any atom is 0.374 e. The molecule has 0 saturated carbocycles. The molecule has 1 fully saturated rings. The Kier molecular flexibility index (Phi) is 5.62. The van der Waals surface area contributed by atoms with Crippen LogP contribution in [0.1, 0.15) is 45.1 Å². The monoisotopic (exact) mass is 388 g/mol. The number of anilines is 1. The SMILES string of the molecule is COC(=O)c1oc(COC(=O)c2ccc(N3CCCC3)c([N+](=O)[O-])c2)cc1C. The maximum absolute atomic E-state index is 12.3. The second-order valence-corrected chi connectivity index (χ2v) is 6.45. The van der Waals surface area contributed by atoms with E-state index in [2.05, 4.69) is 4.74 Å². The normalized spacial score (nSPS) is 13.4. The minimum Gasteiger partial charge on any atom is -0.463 e. The molecule has 1 aliphatic heterocycles. The molecule has 0 amide bonds. The van der Waals surface area contributed by atoms with E-state index in [1.807, 2.05) is 4.90 Å². The minimum absolute atomic E-state index is 0.0409. The number of hydrogen-bond acceptors (Lipinski definition) is 8. The number of methoxy groups -OCH3 is 1. The van der Waals surface area contributed by atoms with E-state index in [-0.39, 0.29) is 29.4 Å². The number of carbonyl (C=O) groups excluding carboxylic acids is 2. The Morgan fingerprint density at radius 3 is 2.57 bits per heavy atom. The number of nitrogens with zero attached hydrogens (tertiary/aromatic N) is 2. The summed E-state index contributed by atoms with van der Waals surface area (Å²) >= 11 is 0. The summed E-state index contributed by atoms with van der Waals surface area (Å²) < 4.78 is 15.1. The van der Waals surface area contributed by atoms with Crippen LogP contribution in [0.4, 0.5) is 11.4 Å². The fourth-order valence-corrected chi connectivity index (χ4v) is 3.16. The van der Waals surface area contributed by atoms with Gasteiger partial charge in [-0.05, 0) is 38.0 Å². The van der Waals surface area contributed by atoms with Crippen molar-refractivity contribution in [3.63, 3.8) is 0 Å². The van der Waals surface area contributed by atoms with Crippen LogP contribution >= 0.6 is 0 Å². The van der Waals surface area contributed by atoms with Crippen LogP contribution in [0.5, 0.6) is 0 Å². The van der Waals surface area contributed by atoms with Gasteiger partial charge in [0.2, 0.25) is 5.76 Å². The van der Waals surface area contributed by atoms with Gasteiger partial charge in [-0.2, -0.15) is 0 Å². The lowest BCUT2D eigenvalue weighted by molar-refractivity contribution is -0.384. The molecular weight excluding hydrogens is 368 g/mol. The molecule has 0 bridgehead atoms. The molecule has 148 valence electrons. The van der Waals surface area contributed by atoms with Gasteiger partial charge in [-0.25, -0.2) is 9.59 Å². The predicted octanol–water partition coefficient (Wildman–Crippen LogP) is 3.24. The third-order valence-electron chi connectivity index (χ3n) is 4.54. The van der Waals surface area contributed by atoms with E-state index >= 15 is 0 Å². The second kappa shape index (κ2) is 8.12. The summed E-state index contributed by atoms with van der Waals surface area (Å²) in [5.74, 6) is -1.03. The summed E-state index contributed by atoms with van der Waals surface area (Å²) in [7, 11) is 1.24. The number of nitro groups is 1. The van der Waals surface area contributed by atoms with Gasteiger partial charge < -0.3 is 18.8 Å². The van der Waals surface area contributed by atoms with Crippen LogP contribution in [0.3, 0.4) is 0 Å². The molecule has 9 heteroatoms. The third kappa shape index (κ3) is 3.98. The smallest absolute Gasteiger partial charge is 0.374 e. The Labute approximate surface area is 161 Å². The first-order chi connectivity index (χ1) is 13.4. The lowest BCUT2D eigenvalue weighted by Crippen LogP contribution is -2.19. The molecule has 0 aliphatic carbocycles. The van der Waals surface area contributed by atoms with E-state index in [0.29, 0.717) is 11.3 Å². The van der Waals surface area contributed by atoms with Gasteiger partial charge in [-0.15, -0.1) is 0 Å². The van der Waals surface area contributed by atoms with Crippen molar-refractivity contribution in [2.45, 2.75) is 26.4 Å². The highest BCUT2D eigenvalue weighted by molar-refractivity contribution is 5.91. The molecule has 2 aromatic rings. The molecule has 2 heterocycles. The van der Waals surface area contributed by atoms with Crippen molar-refractivity contribution in [3.8, 4) is 0 Å². The number of esters is 2. The Balaban J connectivity index is 1.73. The highest BCUT2D eigenvalue weighted by Crippen LogP contribution is 2.32. The summed E-state index contributed by atoms with van der Waals surface area (Å²) in [5.41, 5.74) is 1.01. The number of benzene rings is 1. The number of carbonyl (C=O) groups is 2. The number of hydrogen-bond donors (Lipinski definition) is 0. The maximum atomic E-state index is 12.3. The lowest BCUT2D eigenvalue weighted by atomic mass is 10.1. The van der Waals surface area contributed by atoms with Crippen molar-refractivity contribution in [1.29, 1.82) is 0 Å². The van der Waals surface area contributed by atoms with Gasteiger partial charge in [-0.1, -0.05) is 0 Å². The molecule has 0 radical (unpaired) electrons.